The molecular formula is C19H25ClN9O2+. The van der Waals surface area contributed by atoms with Crippen LogP contribution in [0.25, 0.3) is 5.82 Å². The number of aromatic nitrogens is 5. The molecule has 12 heteroatoms. The van der Waals surface area contributed by atoms with Gasteiger partial charge in [-0.3, -0.25) is 4.79 Å². The summed E-state index contributed by atoms with van der Waals surface area (Å²) in [5.41, 5.74) is 9.76. The summed E-state index contributed by atoms with van der Waals surface area (Å²) in [5.74, 6) is -0.247. The molecule has 0 aliphatic carbocycles. The van der Waals surface area contributed by atoms with Gasteiger partial charge in [-0.15, -0.1) is 5.10 Å². The van der Waals surface area contributed by atoms with E-state index in [2.05, 4.69) is 45.0 Å². The lowest BCUT2D eigenvalue weighted by atomic mass is 10.2. The van der Waals surface area contributed by atoms with Crippen molar-refractivity contribution in [3.8, 4) is 5.82 Å². The van der Waals surface area contributed by atoms with Crippen molar-refractivity contribution in [2.75, 3.05) is 18.8 Å². The van der Waals surface area contributed by atoms with Gasteiger partial charge in [0, 0.05) is 5.02 Å². The number of quaternary nitrogens is 1. The van der Waals surface area contributed by atoms with E-state index in [0.29, 0.717) is 17.3 Å². The highest BCUT2D eigenvalue weighted by molar-refractivity contribution is 6.30. The molecule has 164 valence electrons. The zero-order valence-electron chi connectivity index (χ0n) is 17.4. The first-order chi connectivity index (χ1) is 15.0. The summed E-state index contributed by atoms with van der Waals surface area (Å²) in [6.45, 7) is 6.59. The smallest absolute Gasteiger partial charge is 0.294 e. The highest BCUT2D eigenvalue weighted by Gasteiger charge is 2.26. The van der Waals surface area contributed by atoms with Crippen molar-refractivity contribution in [2.45, 2.75) is 33.2 Å². The van der Waals surface area contributed by atoms with Crippen molar-refractivity contribution in [1.82, 2.24) is 30.7 Å². The summed E-state index contributed by atoms with van der Waals surface area (Å²) in [5, 5.41) is 20.1. The first-order valence-corrected chi connectivity index (χ1v) is 10.4. The Morgan fingerprint density at radius 1 is 1.32 bits per heavy atom. The maximum Gasteiger partial charge on any atom is 0.294 e. The molecule has 3 rings (SSSR count). The molecular weight excluding hydrogens is 422 g/mol. The minimum absolute atomic E-state index is 0.0598. The number of halogens is 1. The van der Waals surface area contributed by atoms with E-state index < -0.39 is 5.91 Å². The topological polar surface area (TPSA) is 142 Å². The second-order valence-electron chi connectivity index (χ2n) is 6.95. The Hall–Kier alpha value is -3.31. The molecule has 3 aromatic rings. The third kappa shape index (κ3) is 5.64. The molecule has 1 aromatic carbocycles. The van der Waals surface area contributed by atoms with Crippen LogP contribution in [0.3, 0.4) is 0 Å². The molecule has 0 aliphatic heterocycles. The van der Waals surface area contributed by atoms with E-state index in [1.54, 1.807) is 18.2 Å². The number of carbonyl (C=O) groups is 1. The molecule has 0 saturated heterocycles. The van der Waals surface area contributed by atoms with Crippen LogP contribution in [0.2, 0.25) is 5.02 Å². The van der Waals surface area contributed by atoms with E-state index in [-0.39, 0.29) is 17.3 Å². The molecule has 0 spiro atoms. The molecule has 0 atom stereocenters. The highest BCUT2D eigenvalue weighted by Crippen LogP contribution is 2.15. The van der Waals surface area contributed by atoms with Crippen LogP contribution < -0.4 is 16.1 Å². The van der Waals surface area contributed by atoms with Crippen LogP contribution in [0.15, 0.2) is 34.0 Å². The number of hydrogen-bond acceptors (Lipinski definition) is 8. The summed E-state index contributed by atoms with van der Waals surface area (Å²) < 4.78 is 6.09. The minimum atomic E-state index is -0.498. The molecule has 0 saturated carbocycles. The number of rotatable bonds is 10. The van der Waals surface area contributed by atoms with Crippen molar-refractivity contribution in [2.24, 2.45) is 5.10 Å². The number of amides is 1. The Balaban J connectivity index is 1.87. The second kappa shape index (κ2) is 10.6. The lowest BCUT2D eigenvalue weighted by molar-refractivity contribution is -0.914. The predicted molar refractivity (Wildman–Crippen MR) is 115 cm³/mol. The molecule has 1 amide bonds. The number of nitrogen functional groups attached to an aromatic ring is 1. The van der Waals surface area contributed by atoms with E-state index in [9.17, 15) is 4.79 Å². The Labute approximate surface area is 184 Å². The number of hydrogen-bond donors (Lipinski definition) is 3. The zero-order chi connectivity index (χ0) is 22.2. The molecule has 0 bridgehead atoms. The van der Waals surface area contributed by atoms with Gasteiger partial charge in [0.05, 0.1) is 19.3 Å². The highest BCUT2D eigenvalue weighted by atomic mass is 35.5. The predicted octanol–water partition coefficient (Wildman–Crippen LogP) is 0.855. The van der Waals surface area contributed by atoms with Gasteiger partial charge in [-0.2, -0.15) is 9.78 Å². The average molecular weight is 447 g/mol. The number of carbonyl (C=O) groups excluding carboxylic acids is 1. The van der Waals surface area contributed by atoms with Crippen molar-refractivity contribution < 1.29 is 14.3 Å². The standard InChI is InChI=1S/C19H24ClN9O2/c1-3-8-28(9-4-2)12-15-16(23-27-29(15)18-17(21)25-31-26-18)19(30)24-22-11-13-6-5-7-14(20)10-13/h5-7,10-11H,3-4,8-9,12H2,1-2H3,(H2,21,25)(H,24,30)/p+1. The molecule has 0 aliphatic rings. The van der Waals surface area contributed by atoms with Crippen LogP contribution in [0, 0.1) is 0 Å². The van der Waals surface area contributed by atoms with Gasteiger partial charge in [-0.05, 0) is 40.9 Å². The van der Waals surface area contributed by atoms with E-state index in [4.69, 9.17) is 22.0 Å². The maximum absolute atomic E-state index is 12.8. The molecule has 0 fully saturated rings. The molecule has 2 heterocycles. The molecule has 11 nitrogen and oxygen atoms in total. The third-order valence-corrected chi connectivity index (χ3v) is 4.76. The molecule has 4 N–H and O–H groups in total. The SMILES string of the molecule is CCC[NH+](CCC)Cc1c(C(=O)NN=Cc2cccc(Cl)c2)nnn1-c1nonc1N. The summed E-state index contributed by atoms with van der Waals surface area (Å²) in [6, 6.07) is 7.11. The van der Waals surface area contributed by atoms with E-state index in [1.807, 2.05) is 6.07 Å². The zero-order valence-corrected chi connectivity index (χ0v) is 18.1. The number of nitrogens with zero attached hydrogens (tertiary/aromatic N) is 6. The maximum atomic E-state index is 12.8. The van der Waals surface area contributed by atoms with Crippen LogP contribution >= 0.6 is 11.6 Å². The second-order valence-corrected chi connectivity index (χ2v) is 7.39. The largest absolute Gasteiger partial charge is 0.378 e. The molecule has 2 aromatic heterocycles. The Kier molecular flexibility index (Phi) is 7.68. The fourth-order valence-electron chi connectivity index (χ4n) is 3.20. The van der Waals surface area contributed by atoms with Crippen LogP contribution in [-0.2, 0) is 6.54 Å². The van der Waals surface area contributed by atoms with Gasteiger partial charge in [0.1, 0.15) is 12.2 Å². The van der Waals surface area contributed by atoms with Crippen molar-refractivity contribution in [3.05, 3.63) is 46.2 Å². The fourth-order valence-corrected chi connectivity index (χ4v) is 3.39. The van der Waals surface area contributed by atoms with E-state index in [1.165, 1.54) is 15.8 Å². The van der Waals surface area contributed by atoms with Crippen LogP contribution in [0.5, 0.6) is 0 Å². The Morgan fingerprint density at radius 2 is 2.10 bits per heavy atom. The Morgan fingerprint density at radius 3 is 2.74 bits per heavy atom. The van der Waals surface area contributed by atoms with Crippen molar-refractivity contribution in [3.63, 3.8) is 0 Å². The van der Waals surface area contributed by atoms with Gasteiger partial charge in [0.25, 0.3) is 5.91 Å². The van der Waals surface area contributed by atoms with Gasteiger partial charge in [0.15, 0.2) is 5.69 Å². The molecule has 0 unspecified atom stereocenters. The van der Waals surface area contributed by atoms with Crippen LogP contribution in [0.4, 0.5) is 5.82 Å². The summed E-state index contributed by atoms with van der Waals surface area (Å²) in [7, 11) is 0. The average Bonchev–Trinajstić information content (AvgIpc) is 3.34. The van der Waals surface area contributed by atoms with E-state index >= 15 is 0 Å². The lowest BCUT2D eigenvalue weighted by Gasteiger charge is -2.18. The number of nitrogens with one attached hydrogen (secondary N) is 2. The first-order valence-electron chi connectivity index (χ1n) is 9.99. The van der Waals surface area contributed by atoms with Crippen LogP contribution in [-0.4, -0.2) is 50.5 Å². The summed E-state index contributed by atoms with van der Waals surface area (Å²) in [4.78, 5) is 14.1. The van der Waals surface area contributed by atoms with Gasteiger partial charge in [-0.1, -0.05) is 42.8 Å². The number of hydrazone groups is 1. The van der Waals surface area contributed by atoms with Crippen molar-refractivity contribution in [1.29, 1.82) is 0 Å². The van der Waals surface area contributed by atoms with Crippen molar-refractivity contribution >= 4 is 29.5 Å². The normalized spacial score (nSPS) is 11.5. The molecule has 0 radical (unpaired) electrons. The number of benzene rings is 1. The van der Waals surface area contributed by atoms with Crippen LogP contribution in [0.1, 0.15) is 48.4 Å². The fraction of sp³-hybridized carbons (Fsp3) is 0.368. The monoisotopic (exact) mass is 446 g/mol. The summed E-state index contributed by atoms with van der Waals surface area (Å²) >= 11 is 5.97. The lowest BCUT2D eigenvalue weighted by Crippen LogP contribution is -3.10. The Bertz CT molecular complexity index is 1040. The first kappa shape index (κ1) is 22.4. The van der Waals surface area contributed by atoms with Gasteiger partial charge >= 0.3 is 0 Å². The van der Waals surface area contributed by atoms with Gasteiger partial charge in [-0.25, -0.2) is 10.1 Å². The minimum Gasteiger partial charge on any atom is -0.378 e. The van der Waals surface area contributed by atoms with Gasteiger partial charge < -0.3 is 10.6 Å². The number of anilines is 1. The third-order valence-electron chi connectivity index (χ3n) is 4.53. The summed E-state index contributed by atoms with van der Waals surface area (Å²) in [6.07, 6.45) is 3.49. The van der Waals surface area contributed by atoms with Gasteiger partial charge in [0.2, 0.25) is 11.6 Å². The number of nitrogens with two attached hydrogens (primary N) is 1. The van der Waals surface area contributed by atoms with E-state index in [0.717, 1.165) is 31.5 Å². The molecule has 31 heavy (non-hydrogen) atoms. The quantitative estimate of drug-likeness (QED) is 0.309.